The first kappa shape index (κ1) is 23.9. The predicted molar refractivity (Wildman–Crippen MR) is 120 cm³/mol. The van der Waals surface area contributed by atoms with Crippen molar-refractivity contribution in [3.8, 4) is 0 Å². The van der Waals surface area contributed by atoms with Crippen LogP contribution >= 0.6 is 0 Å². The number of aryl methyl sites for hydroxylation is 3. The van der Waals surface area contributed by atoms with Gasteiger partial charge < -0.3 is 15.4 Å². The van der Waals surface area contributed by atoms with Crippen molar-refractivity contribution in [1.29, 1.82) is 0 Å². The Bertz CT molecular complexity index is 1060. The third kappa shape index (κ3) is 5.53. The fourth-order valence-corrected chi connectivity index (χ4v) is 5.89. The van der Waals surface area contributed by atoms with Crippen LogP contribution in [0, 0.1) is 20.8 Å². The number of sulfonamides is 1. The van der Waals surface area contributed by atoms with Crippen molar-refractivity contribution >= 4 is 21.8 Å². The molecule has 1 heterocycles. The van der Waals surface area contributed by atoms with Crippen molar-refractivity contribution in [3.63, 3.8) is 0 Å². The molecule has 1 saturated heterocycles. The predicted octanol–water partition coefficient (Wildman–Crippen LogP) is 1.78. The zero-order chi connectivity index (χ0) is 23.3. The van der Waals surface area contributed by atoms with E-state index in [0.717, 1.165) is 11.1 Å². The number of nitrogens with zero attached hydrogens (tertiary/aromatic N) is 1. The van der Waals surface area contributed by atoms with Gasteiger partial charge in [-0.25, -0.2) is 8.42 Å². The molecule has 2 aromatic rings. The summed E-state index contributed by atoms with van der Waals surface area (Å²) in [5, 5.41) is 5.05. The molecule has 1 aliphatic heterocycles. The molecule has 172 valence electrons. The molecule has 0 radical (unpaired) electrons. The normalized spacial score (nSPS) is 17.0. The van der Waals surface area contributed by atoms with E-state index >= 15 is 0 Å². The fraction of sp³-hybridized carbons (Fsp3) is 0.391. The van der Waals surface area contributed by atoms with Gasteiger partial charge in [-0.15, -0.1) is 0 Å². The van der Waals surface area contributed by atoms with Gasteiger partial charge in [0.15, 0.2) is 0 Å². The lowest BCUT2D eigenvalue weighted by Gasteiger charge is -2.35. The lowest BCUT2D eigenvalue weighted by Crippen LogP contribution is -2.53. The molecule has 32 heavy (non-hydrogen) atoms. The molecular formula is C23H29N3O5S. The Morgan fingerprint density at radius 1 is 1.03 bits per heavy atom. The molecule has 1 aliphatic rings. The Hall–Kier alpha value is -2.75. The number of carbonyl (C=O) groups excluding carboxylic acids is 2. The van der Waals surface area contributed by atoms with E-state index in [1.54, 1.807) is 13.8 Å². The van der Waals surface area contributed by atoms with Crippen molar-refractivity contribution in [2.75, 3.05) is 19.7 Å². The second-order valence-electron chi connectivity index (χ2n) is 7.90. The van der Waals surface area contributed by atoms with Crippen LogP contribution in [-0.2, 0) is 30.9 Å². The summed E-state index contributed by atoms with van der Waals surface area (Å²) in [5.41, 5.74) is 3.18. The van der Waals surface area contributed by atoms with E-state index in [-0.39, 0.29) is 24.5 Å². The zero-order valence-corrected chi connectivity index (χ0v) is 19.4. The number of carbonyl (C=O) groups is 2. The molecule has 0 unspecified atom stereocenters. The Balaban J connectivity index is 1.66. The van der Waals surface area contributed by atoms with E-state index in [0.29, 0.717) is 24.2 Å². The summed E-state index contributed by atoms with van der Waals surface area (Å²) >= 11 is 0. The van der Waals surface area contributed by atoms with Gasteiger partial charge in [-0.2, -0.15) is 4.31 Å². The number of ether oxygens (including phenoxy) is 1. The van der Waals surface area contributed by atoms with Crippen LogP contribution in [0.4, 0.5) is 0 Å². The molecular weight excluding hydrogens is 430 g/mol. The molecule has 0 aliphatic carbocycles. The van der Waals surface area contributed by atoms with Crippen LogP contribution in [-0.4, -0.2) is 50.5 Å². The molecule has 2 aromatic carbocycles. The minimum absolute atomic E-state index is 0.124. The first-order chi connectivity index (χ1) is 15.2. The standard InChI is InChI=1S/C23H29N3O5S/c1-16-12-17(2)21(18(3)13-16)32(29,30)26-10-7-11-31-20(26)15-25-23(28)22(27)24-14-19-8-5-4-6-9-19/h4-6,8-9,12-13,20H,7,10-11,14-15H2,1-3H3,(H,24,27)(H,25,28)/t20-/m0/s1. The van der Waals surface area contributed by atoms with Crippen LogP contribution in [0.2, 0.25) is 0 Å². The second-order valence-corrected chi connectivity index (χ2v) is 9.73. The molecule has 9 heteroatoms. The molecule has 8 nitrogen and oxygen atoms in total. The summed E-state index contributed by atoms with van der Waals surface area (Å²) < 4.78 is 33.8. The SMILES string of the molecule is Cc1cc(C)c(S(=O)(=O)N2CCCO[C@H]2CNC(=O)C(=O)NCc2ccccc2)c(C)c1. The Labute approximate surface area is 189 Å². The molecule has 2 N–H and O–H groups in total. The summed E-state index contributed by atoms with van der Waals surface area (Å²) in [6, 6.07) is 12.9. The highest BCUT2D eigenvalue weighted by Crippen LogP contribution is 2.28. The lowest BCUT2D eigenvalue weighted by molar-refractivity contribution is -0.140. The molecule has 2 amide bonds. The summed E-state index contributed by atoms with van der Waals surface area (Å²) in [6.07, 6.45) is -0.342. The first-order valence-corrected chi connectivity index (χ1v) is 12.0. The third-order valence-corrected chi connectivity index (χ3v) is 7.46. The average molecular weight is 460 g/mol. The number of benzene rings is 2. The minimum Gasteiger partial charge on any atom is -0.360 e. The van der Waals surface area contributed by atoms with Crippen molar-refractivity contribution < 1.29 is 22.7 Å². The van der Waals surface area contributed by atoms with Crippen LogP contribution in [0.3, 0.4) is 0 Å². The quantitative estimate of drug-likeness (QED) is 0.641. The number of hydrogen-bond acceptors (Lipinski definition) is 5. The maximum absolute atomic E-state index is 13.4. The zero-order valence-electron chi connectivity index (χ0n) is 18.6. The third-order valence-electron chi connectivity index (χ3n) is 5.26. The molecule has 3 rings (SSSR count). The topological polar surface area (TPSA) is 105 Å². The van der Waals surface area contributed by atoms with E-state index < -0.39 is 28.1 Å². The fourth-order valence-electron chi connectivity index (χ4n) is 3.91. The van der Waals surface area contributed by atoms with Crippen molar-refractivity contribution in [2.24, 2.45) is 0 Å². The molecule has 0 bridgehead atoms. The van der Waals surface area contributed by atoms with Gasteiger partial charge in [0.1, 0.15) is 6.23 Å². The highest BCUT2D eigenvalue weighted by Gasteiger charge is 2.36. The van der Waals surface area contributed by atoms with Crippen LogP contribution in [0.1, 0.15) is 28.7 Å². The molecule has 0 spiro atoms. The summed E-state index contributed by atoms with van der Waals surface area (Å²) in [4.78, 5) is 24.6. The van der Waals surface area contributed by atoms with Gasteiger partial charge in [-0.05, 0) is 43.9 Å². The monoisotopic (exact) mass is 459 g/mol. The average Bonchev–Trinajstić information content (AvgIpc) is 2.75. The number of nitrogens with one attached hydrogen (secondary N) is 2. The second kappa shape index (κ2) is 10.2. The first-order valence-electron chi connectivity index (χ1n) is 10.5. The molecule has 1 fully saturated rings. The highest BCUT2D eigenvalue weighted by molar-refractivity contribution is 7.89. The lowest BCUT2D eigenvalue weighted by atomic mass is 10.1. The number of amides is 2. The maximum Gasteiger partial charge on any atom is 0.309 e. The number of rotatable bonds is 6. The van der Waals surface area contributed by atoms with Crippen LogP contribution in [0.15, 0.2) is 47.4 Å². The van der Waals surface area contributed by atoms with Crippen molar-refractivity contribution in [3.05, 3.63) is 64.7 Å². The maximum atomic E-state index is 13.4. The highest BCUT2D eigenvalue weighted by atomic mass is 32.2. The van der Waals surface area contributed by atoms with Gasteiger partial charge in [0.2, 0.25) is 10.0 Å². The van der Waals surface area contributed by atoms with Crippen LogP contribution < -0.4 is 10.6 Å². The molecule has 1 atom stereocenters. The van der Waals surface area contributed by atoms with Crippen LogP contribution in [0.25, 0.3) is 0 Å². The van der Waals surface area contributed by atoms with Gasteiger partial charge in [0, 0.05) is 13.1 Å². The smallest absolute Gasteiger partial charge is 0.309 e. The van der Waals surface area contributed by atoms with Gasteiger partial charge in [-0.3, -0.25) is 9.59 Å². The van der Waals surface area contributed by atoms with E-state index in [1.165, 1.54) is 4.31 Å². The minimum atomic E-state index is -3.85. The van der Waals surface area contributed by atoms with E-state index in [4.69, 9.17) is 4.74 Å². The van der Waals surface area contributed by atoms with E-state index in [2.05, 4.69) is 10.6 Å². The summed E-state index contributed by atoms with van der Waals surface area (Å²) in [6.45, 7) is 6.20. The van der Waals surface area contributed by atoms with E-state index in [1.807, 2.05) is 49.4 Å². The van der Waals surface area contributed by atoms with Gasteiger partial charge in [-0.1, -0.05) is 48.0 Å². The Kier molecular flexibility index (Phi) is 7.65. The van der Waals surface area contributed by atoms with E-state index in [9.17, 15) is 18.0 Å². The Morgan fingerprint density at radius 2 is 1.66 bits per heavy atom. The Morgan fingerprint density at radius 3 is 2.31 bits per heavy atom. The molecule has 0 saturated carbocycles. The largest absolute Gasteiger partial charge is 0.360 e. The van der Waals surface area contributed by atoms with Gasteiger partial charge >= 0.3 is 11.8 Å². The number of hydrogen-bond donors (Lipinski definition) is 2. The summed E-state index contributed by atoms with van der Waals surface area (Å²) in [7, 11) is -3.85. The molecule has 0 aromatic heterocycles. The van der Waals surface area contributed by atoms with Crippen LogP contribution in [0.5, 0.6) is 0 Å². The van der Waals surface area contributed by atoms with Crippen molar-refractivity contribution in [1.82, 2.24) is 14.9 Å². The van der Waals surface area contributed by atoms with Gasteiger partial charge in [0.25, 0.3) is 0 Å². The summed E-state index contributed by atoms with van der Waals surface area (Å²) in [5.74, 6) is -1.63. The van der Waals surface area contributed by atoms with Gasteiger partial charge in [0.05, 0.1) is 18.0 Å². The van der Waals surface area contributed by atoms with Crippen molar-refractivity contribution in [2.45, 2.75) is 44.9 Å².